The van der Waals surface area contributed by atoms with Crippen molar-refractivity contribution in [1.29, 1.82) is 0 Å². The minimum atomic E-state index is -1.02. The molecule has 4 rings (SSSR count). The largest absolute Gasteiger partial charge is 0.349 e. The minimum absolute atomic E-state index is 0.0568. The maximum absolute atomic E-state index is 12.5. The number of hydrogen-bond acceptors (Lipinski definition) is 9. The van der Waals surface area contributed by atoms with Gasteiger partial charge in [0.2, 0.25) is 5.91 Å². The smallest absolute Gasteiger partial charge is 0.318 e. The van der Waals surface area contributed by atoms with E-state index < -0.39 is 17.7 Å². The van der Waals surface area contributed by atoms with Crippen LogP contribution in [0.1, 0.15) is 52.5 Å². The zero-order valence-electron chi connectivity index (χ0n) is 21.5. The van der Waals surface area contributed by atoms with Gasteiger partial charge >= 0.3 is 11.8 Å². The Balaban J connectivity index is 0.000000289. The number of halogens is 1. The first-order valence-electron chi connectivity index (χ1n) is 12.1. The van der Waals surface area contributed by atoms with Gasteiger partial charge in [0.25, 0.3) is 5.91 Å². The Hall–Kier alpha value is -2.96. The van der Waals surface area contributed by atoms with Gasteiger partial charge in [-0.05, 0) is 19.9 Å². The molecule has 1 saturated carbocycles. The van der Waals surface area contributed by atoms with Crippen LogP contribution in [-0.4, -0.2) is 88.0 Å². The summed E-state index contributed by atoms with van der Waals surface area (Å²) in [6, 6.07) is 0. The maximum Gasteiger partial charge on any atom is 0.318 e. The lowest BCUT2D eigenvalue weighted by atomic mass is 9.88. The number of nitrogens with one attached hydrogen (secondary N) is 1. The standard InChI is InChI=1S/C15H15ClN6O3S.C9H17NO/c1-21-4-3-8-9(7-21)26-13(19-8)15(25)22(2)14(24)12(23)20-11-6-17-10(16)5-18-11;1-10(2)9(11)8-6-4-3-5-7-8/h5-6H,3-4,7H2,1-2H3,(H,18,20,23);8H,3-7H2,1-2H3. The van der Waals surface area contributed by atoms with Crippen LogP contribution in [0.3, 0.4) is 0 Å². The number of imide groups is 1. The number of carbonyl (C=O) groups is 4. The van der Waals surface area contributed by atoms with Gasteiger partial charge in [-0.15, -0.1) is 11.3 Å². The van der Waals surface area contributed by atoms with E-state index in [0.717, 1.165) is 41.3 Å². The molecule has 13 heteroatoms. The summed E-state index contributed by atoms with van der Waals surface area (Å²) in [5, 5.41) is 2.62. The normalized spacial score (nSPS) is 15.6. The van der Waals surface area contributed by atoms with Crippen molar-refractivity contribution in [1.82, 2.24) is 29.7 Å². The number of carbonyl (C=O) groups excluding carboxylic acids is 4. The summed E-state index contributed by atoms with van der Waals surface area (Å²) in [5.74, 6) is -1.92. The van der Waals surface area contributed by atoms with Crippen molar-refractivity contribution in [3.05, 3.63) is 33.1 Å². The Labute approximate surface area is 225 Å². The van der Waals surface area contributed by atoms with Crippen molar-refractivity contribution in [3.63, 3.8) is 0 Å². The van der Waals surface area contributed by atoms with Gasteiger partial charge in [0.05, 0.1) is 18.1 Å². The highest BCUT2D eigenvalue weighted by Crippen LogP contribution is 2.26. The van der Waals surface area contributed by atoms with Crippen LogP contribution in [0.15, 0.2) is 12.4 Å². The molecule has 1 aliphatic carbocycles. The fourth-order valence-corrected chi connectivity index (χ4v) is 5.33. The van der Waals surface area contributed by atoms with E-state index in [4.69, 9.17) is 11.6 Å². The van der Waals surface area contributed by atoms with Crippen LogP contribution in [0.5, 0.6) is 0 Å². The first kappa shape index (κ1) is 28.6. The molecule has 0 aromatic carbocycles. The number of hydrogen-bond donors (Lipinski definition) is 1. The molecule has 0 atom stereocenters. The van der Waals surface area contributed by atoms with E-state index in [1.165, 1.54) is 50.0 Å². The fourth-order valence-electron chi connectivity index (χ4n) is 4.06. The molecule has 0 bridgehead atoms. The number of likely N-dealkylation sites (N-methyl/N-ethyl adjacent to an activating group) is 2. The molecule has 3 heterocycles. The first-order chi connectivity index (χ1) is 17.6. The van der Waals surface area contributed by atoms with Gasteiger partial charge in [0, 0.05) is 51.4 Å². The SMILES string of the molecule is CN(C)C(=O)C1CCCCC1.CN1CCc2nc(C(=O)N(C)C(=O)C(=O)Nc3cnc(Cl)cn3)sc2C1. The van der Waals surface area contributed by atoms with E-state index in [0.29, 0.717) is 18.4 Å². The quantitative estimate of drug-likeness (QED) is 0.578. The second-order valence-electron chi connectivity index (χ2n) is 9.29. The molecule has 37 heavy (non-hydrogen) atoms. The molecule has 0 saturated heterocycles. The zero-order chi connectivity index (χ0) is 27.1. The Morgan fingerprint density at radius 2 is 1.78 bits per heavy atom. The van der Waals surface area contributed by atoms with Crippen LogP contribution in [0.4, 0.5) is 5.82 Å². The van der Waals surface area contributed by atoms with Crippen molar-refractivity contribution in [3.8, 4) is 0 Å². The fraction of sp³-hybridized carbons (Fsp3) is 0.542. The molecule has 4 amide bonds. The lowest BCUT2D eigenvalue weighted by Gasteiger charge is -2.23. The maximum atomic E-state index is 12.5. The monoisotopic (exact) mass is 549 g/mol. The van der Waals surface area contributed by atoms with Gasteiger partial charge in [0.15, 0.2) is 10.8 Å². The van der Waals surface area contributed by atoms with Gasteiger partial charge < -0.3 is 15.1 Å². The molecular formula is C24H32ClN7O4S. The summed E-state index contributed by atoms with van der Waals surface area (Å²) in [4.78, 5) is 65.6. The number of amides is 4. The van der Waals surface area contributed by atoms with E-state index >= 15 is 0 Å². The second kappa shape index (κ2) is 13.0. The molecule has 0 radical (unpaired) electrons. The Kier molecular flexibility index (Phi) is 10.1. The Bertz CT molecular complexity index is 1130. The molecule has 2 aromatic rings. The van der Waals surface area contributed by atoms with Crippen molar-refractivity contribution in [2.45, 2.75) is 45.1 Å². The van der Waals surface area contributed by atoms with Gasteiger partial charge in [-0.1, -0.05) is 30.9 Å². The molecule has 11 nitrogen and oxygen atoms in total. The van der Waals surface area contributed by atoms with Gasteiger partial charge in [-0.2, -0.15) is 0 Å². The lowest BCUT2D eigenvalue weighted by Crippen LogP contribution is -2.41. The third-order valence-electron chi connectivity index (χ3n) is 6.17. The number of aromatic nitrogens is 3. The van der Waals surface area contributed by atoms with Crippen molar-refractivity contribution >= 4 is 52.4 Å². The van der Waals surface area contributed by atoms with E-state index in [-0.39, 0.29) is 16.0 Å². The summed E-state index contributed by atoms with van der Waals surface area (Å²) < 4.78 is 0. The number of anilines is 1. The third kappa shape index (κ3) is 7.76. The molecule has 0 unspecified atom stereocenters. The number of thiazole rings is 1. The number of rotatable bonds is 3. The summed E-state index contributed by atoms with van der Waals surface area (Å²) in [7, 11) is 6.92. The van der Waals surface area contributed by atoms with Crippen LogP contribution in [-0.2, 0) is 27.3 Å². The van der Waals surface area contributed by atoms with Crippen LogP contribution in [0.2, 0.25) is 5.15 Å². The molecule has 1 aliphatic heterocycles. The molecule has 2 aliphatic rings. The Morgan fingerprint density at radius 3 is 2.41 bits per heavy atom. The molecule has 1 N–H and O–H groups in total. The molecule has 2 aromatic heterocycles. The summed E-state index contributed by atoms with van der Waals surface area (Å²) in [5.41, 5.74) is 0.873. The average molecular weight is 550 g/mol. The van der Waals surface area contributed by atoms with E-state index in [9.17, 15) is 19.2 Å². The van der Waals surface area contributed by atoms with Gasteiger partial charge in [-0.3, -0.25) is 24.1 Å². The molecule has 1 fully saturated rings. The van der Waals surface area contributed by atoms with Crippen LogP contribution < -0.4 is 5.32 Å². The van der Waals surface area contributed by atoms with Crippen LogP contribution in [0, 0.1) is 5.92 Å². The van der Waals surface area contributed by atoms with E-state index in [1.54, 1.807) is 4.90 Å². The second-order valence-corrected chi connectivity index (χ2v) is 10.8. The third-order valence-corrected chi connectivity index (χ3v) is 7.43. The Morgan fingerprint density at radius 1 is 1.08 bits per heavy atom. The first-order valence-corrected chi connectivity index (χ1v) is 13.3. The zero-order valence-corrected chi connectivity index (χ0v) is 23.1. The average Bonchev–Trinajstić information content (AvgIpc) is 3.32. The van der Waals surface area contributed by atoms with Crippen LogP contribution >= 0.6 is 22.9 Å². The highest BCUT2D eigenvalue weighted by Gasteiger charge is 2.29. The van der Waals surface area contributed by atoms with E-state index in [1.807, 2.05) is 21.1 Å². The van der Waals surface area contributed by atoms with E-state index in [2.05, 4.69) is 25.2 Å². The van der Waals surface area contributed by atoms with Crippen molar-refractivity contribution in [2.24, 2.45) is 5.92 Å². The number of fused-ring (bicyclic) bond motifs is 1. The minimum Gasteiger partial charge on any atom is -0.349 e. The highest BCUT2D eigenvalue weighted by atomic mass is 35.5. The summed E-state index contributed by atoms with van der Waals surface area (Å²) >= 11 is 6.85. The predicted octanol–water partition coefficient (Wildman–Crippen LogP) is 2.47. The number of nitrogens with zero attached hydrogens (tertiary/aromatic N) is 6. The highest BCUT2D eigenvalue weighted by molar-refractivity contribution is 7.13. The molecule has 0 spiro atoms. The van der Waals surface area contributed by atoms with Crippen molar-refractivity contribution < 1.29 is 19.2 Å². The molecular weight excluding hydrogens is 518 g/mol. The summed E-state index contributed by atoms with van der Waals surface area (Å²) in [6.45, 7) is 1.58. The predicted molar refractivity (Wildman–Crippen MR) is 140 cm³/mol. The molecule has 200 valence electrons. The summed E-state index contributed by atoms with van der Waals surface area (Å²) in [6.07, 6.45) is 9.21. The van der Waals surface area contributed by atoms with Crippen LogP contribution in [0.25, 0.3) is 0 Å². The topological polar surface area (TPSA) is 129 Å². The van der Waals surface area contributed by atoms with Gasteiger partial charge in [0.1, 0.15) is 5.15 Å². The van der Waals surface area contributed by atoms with Crippen molar-refractivity contribution in [2.75, 3.05) is 40.1 Å². The lowest BCUT2D eigenvalue weighted by molar-refractivity contribution is -0.140. The van der Waals surface area contributed by atoms with Gasteiger partial charge in [-0.25, -0.2) is 15.0 Å².